The summed E-state index contributed by atoms with van der Waals surface area (Å²) in [6, 6.07) is 0. The van der Waals surface area contributed by atoms with Crippen LogP contribution in [0.15, 0.2) is 12.2 Å². The Balaban J connectivity index is 2.13. The van der Waals surface area contributed by atoms with Gasteiger partial charge in [-0.2, -0.15) is 0 Å². The van der Waals surface area contributed by atoms with E-state index in [1.165, 1.54) is 13.5 Å². The molecule has 3 nitrogen and oxygen atoms in total. The molecule has 0 aliphatic heterocycles. The summed E-state index contributed by atoms with van der Waals surface area (Å²) in [5, 5.41) is 10.0. The number of rotatable bonds is 3. The molecular formula is C13H20O3. The van der Waals surface area contributed by atoms with E-state index in [2.05, 4.69) is 16.9 Å². The minimum Gasteiger partial charge on any atom is -0.467 e. The topological polar surface area (TPSA) is 46.5 Å². The van der Waals surface area contributed by atoms with Crippen LogP contribution in [0.4, 0.5) is 0 Å². The third-order valence-electron chi connectivity index (χ3n) is 4.36. The van der Waals surface area contributed by atoms with Crippen LogP contribution in [0.1, 0.15) is 26.7 Å². The predicted octanol–water partition coefficient (Wildman–Crippen LogP) is 1.76. The van der Waals surface area contributed by atoms with E-state index in [4.69, 9.17) is 0 Å². The number of ether oxygens (including phenoxy) is 1. The van der Waals surface area contributed by atoms with Crippen molar-refractivity contribution in [1.82, 2.24) is 0 Å². The highest BCUT2D eigenvalue weighted by Gasteiger charge is 2.49. The molecule has 3 heteroatoms. The third kappa shape index (κ3) is 1.67. The van der Waals surface area contributed by atoms with Gasteiger partial charge in [0, 0.05) is 5.41 Å². The van der Waals surface area contributed by atoms with Crippen molar-refractivity contribution >= 4 is 5.97 Å². The van der Waals surface area contributed by atoms with Crippen LogP contribution in [0.3, 0.4) is 0 Å². The number of hydrogen-bond acceptors (Lipinski definition) is 3. The number of carbonyl (C=O) groups is 1. The quantitative estimate of drug-likeness (QED) is 0.587. The zero-order valence-electron chi connectivity index (χ0n) is 10.1. The zero-order chi connectivity index (χ0) is 11.9. The third-order valence-corrected chi connectivity index (χ3v) is 4.36. The second kappa shape index (κ2) is 3.88. The number of esters is 1. The molecule has 0 saturated heterocycles. The minimum atomic E-state index is -1.02. The first kappa shape index (κ1) is 11.6. The van der Waals surface area contributed by atoms with Crippen LogP contribution in [-0.2, 0) is 9.53 Å². The van der Waals surface area contributed by atoms with Gasteiger partial charge >= 0.3 is 5.97 Å². The molecule has 4 atom stereocenters. The lowest BCUT2D eigenvalue weighted by molar-refractivity contribution is -0.160. The van der Waals surface area contributed by atoms with Crippen LogP contribution in [-0.4, -0.2) is 24.3 Å². The summed E-state index contributed by atoms with van der Waals surface area (Å²) in [4.78, 5) is 11.4. The van der Waals surface area contributed by atoms with Crippen molar-refractivity contribution in [3.05, 3.63) is 12.2 Å². The summed E-state index contributed by atoms with van der Waals surface area (Å²) in [5.41, 5.74) is -0.405. The standard InChI is InChI=1S/C13H20O3/c1-13(2,11(14)12(15)16-3)10-7-8-4-5-9(10)6-8/h4-5,8-11,14H,6-7H2,1-3H3. The van der Waals surface area contributed by atoms with Crippen LogP contribution in [0.25, 0.3) is 0 Å². The Morgan fingerprint density at radius 3 is 2.56 bits per heavy atom. The Morgan fingerprint density at radius 2 is 2.12 bits per heavy atom. The van der Waals surface area contributed by atoms with Crippen LogP contribution in [0.2, 0.25) is 0 Å². The number of fused-ring (bicyclic) bond motifs is 2. The van der Waals surface area contributed by atoms with Gasteiger partial charge < -0.3 is 9.84 Å². The van der Waals surface area contributed by atoms with Gasteiger partial charge in [-0.05, 0) is 30.6 Å². The molecule has 0 radical (unpaired) electrons. The lowest BCUT2D eigenvalue weighted by Gasteiger charge is -2.38. The maximum Gasteiger partial charge on any atom is 0.335 e. The number of aliphatic hydroxyl groups is 1. The molecule has 0 aromatic carbocycles. The lowest BCUT2D eigenvalue weighted by Crippen LogP contribution is -2.43. The van der Waals surface area contributed by atoms with E-state index in [0.29, 0.717) is 17.8 Å². The molecule has 2 bridgehead atoms. The average Bonchev–Trinajstić information content (AvgIpc) is 2.88. The van der Waals surface area contributed by atoms with Crippen molar-refractivity contribution in [1.29, 1.82) is 0 Å². The molecule has 0 spiro atoms. The summed E-state index contributed by atoms with van der Waals surface area (Å²) < 4.78 is 4.63. The van der Waals surface area contributed by atoms with Gasteiger partial charge in [-0.15, -0.1) is 0 Å². The van der Waals surface area contributed by atoms with E-state index in [0.717, 1.165) is 6.42 Å². The number of allylic oxidation sites excluding steroid dienone is 2. The monoisotopic (exact) mass is 224 g/mol. The van der Waals surface area contributed by atoms with E-state index in [1.54, 1.807) is 0 Å². The van der Waals surface area contributed by atoms with Gasteiger partial charge in [-0.3, -0.25) is 0 Å². The van der Waals surface area contributed by atoms with Gasteiger partial charge in [0.1, 0.15) is 0 Å². The first-order valence-electron chi connectivity index (χ1n) is 5.91. The highest BCUT2D eigenvalue weighted by molar-refractivity contribution is 5.75. The van der Waals surface area contributed by atoms with E-state index < -0.39 is 17.5 Å². The van der Waals surface area contributed by atoms with Crippen molar-refractivity contribution in [2.24, 2.45) is 23.2 Å². The van der Waals surface area contributed by atoms with Crippen LogP contribution >= 0.6 is 0 Å². The lowest BCUT2D eigenvalue weighted by atomic mass is 9.68. The van der Waals surface area contributed by atoms with Crippen LogP contribution < -0.4 is 0 Å². The number of carbonyl (C=O) groups excluding carboxylic acids is 1. The van der Waals surface area contributed by atoms with E-state index in [-0.39, 0.29) is 0 Å². The van der Waals surface area contributed by atoms with Crippen LogP contribution in [0.5, 0.6) is 0 Å². The maximum atomic E-state index is 11.4. The molecule has 1 saturated carbocycles. The van der Waals surface area contributed by atoms with Gasteiger partial charge in [-0.25, -0.2) is 4.79 Å². The van der Waals surface area contributed by atoms with Gasteiger partial charge in [0.25, 0.3) is 0 Å². The first-order chi connectivity index (χ1) is 7.46. The Morgan fingerprint density at radius 1 is 1.44 bits per heavy atom. The zero-order valence-corrected chi connectivity index (χ0v) is 10.1. The molecule has 2 rings (SSSR count). The smallest absolute Gasteiger partial charge is 0.335 e. The highest BCUT2D eigenvalue weighted by Crippen LogP contribution is 2.52. The predicted molar refractivity (Wildman–Crippen MR) is 60.6 cm³/mol. The van der Waals surface area contributed by atoms with Crippen molar-refractivity contribution in [3.8, 4) is 0 Å². The van der Waals surface area contributed by atoms with E-state index >= 15 is 0 Å². The van der Waals surface area contributed by atoms with Gasteiger partial charge in [0.15, 0.2) is 6.10 Å². The van der Waals surface area contributed by atoms with Crippen molar-refractivity contribution in [3.63, 3.8) is 0 Å². The van der Waals surface area contributed by atoms with Crippen molar-refractivity contribution in [2.45, 2.75) is 32.8 Å². The molecule has 0 aromatic rings. The first-order valence-corrected chi connectivity index (χ1v) is 5.91. The van der Waals surface area contributed by atoms with Gasteiger partial charge in [-0.1, -0.05) is 26.0 Å². The SMILES string of the molecule is COC(=O)C(O)C(C)(C)C1CC2C=CC1C2. The molecule has 0 amide bonds. The van der Waals surface area contributed by atoms with E-state index in [1.807, 2.05) is 13.8 Å². The van der Waals surface area contributed by atoms with Gasteiger partial charge in [0.2, 0.25) is 0 Å². The molecule has 16 heavy (non-hydrogen) atoms. The maximum absolute atomic E-state index is 11.4. The number of methoxy groups -OCH3 is 1. The second-order valence-corrected chi connectivity index (χ2v) is 5.63. The summed E-state index contributed by atoms with van der Waals surface area (Å²) in [6.07, 6.45) is 5.76. The molecule has 2 aliphatic rings. The largest absolute Gasteiger partial charge is 0.467 e. The Bertz CT molecular complexity index is 319. The minimum absolute atomic E-state index is 0.386. The Kier molecular flexibility index (Phi) is 2.82. The Labute approximate surface area is 96.5 Å². The molecule has 90 valence electrons. The molecule has 4 unspecified atom stereocenters. The fourth-order valence-corrected chi connectivity index (χ4v) is 3.25. The summed E-state index contributed by atoms with van der Waals surface area (Å²) >= 11 is 0. The second-order valence-electron chi connectivity index (χ2n) is 5.63. The number of hydrogen-bond donors (Lipinski definition) is 1. The Hall–Kier alpha value is -0.830. The van der Waals surface area contributed by atoms with E-state index in [9.17, 15) is 9.90 Å². The van der Waals surface area contributed by atoms with Crippen LogP contribution in [0, 0.1) is 23.2 Å². The molecule has 2 aliphatic carbocycles. The molecule has 0 heterocycles. The fourth-order valence-electron chi connectivity index (χ4n) is 3.25. The van der Waals surface area contributed by atoms with Gasteiger partial charge in [0.05, 0.1) is 7.11 Å². The molecule has 1 N–H and O–H groups in total. The average molecular weight is 224 g/mol. The fraction of sp³-hybridized carbons (Fsp3) is 0.769. The summed E-state index contributed by atoms with van der Waals surface area (Å²) in [6.45, 7) is 3.93. The van der Waals surface area contributed by atoms with Crippen molar-refractivity contribution in [2.75, 3.05) is 7.11 Å². The van der Waals surface area contributed by atoms with Crippen molar-refractivity contribution < 1.29 is 14.6 Å². The molecular weight excluding hydrogens is 204 g/mol. The summed E-state index contributed by atoms with van der Waals surface area (Å²) in [7, 11) is 1.32. The normalized spacial score (nSPS) is 34.1. The highest BCUT2D eigenvalue weighted by atomic mass is 16.5. The molecule has 0 aromatic heterocycles. The summed E-state index contributed by atoms with van der Waals surface area (Å²) in [5.74, 6) is 1.05. The number of aliphatic hydroxyl groups excluding tert-OH is 1. The molecule has 1 fully saturated rings.